The maximum absolute atomic E-state index is 11.7. The number of aryl methyl sites for hydroxylation is 1. The van der Waals surface area contributed by atoms with Gasteiger partial charge in [-0.25, -0.2) is 0 Å². The lowest BCUT2D eigenvalue weighted by atomic mass is 9.98. The van der Waals surface area contributed by atoms with Gasteiger partial charge in [-0.05, 0) is 24.5 Å². The summed E-state index contributed by atoms with van der Waals surface area (Å²) in [4.78, 5) is 14.4. The Bertz CT molecular complexity index is 420. The zero-order chi connectivity index (χ0) is 11.4. The van der Waals surface area contributed by atoms with Crippen LogP contribution in [0.1, 0.15) is 36.6 Å². The van der Waals surface area contributed by atoms with Crippen molar-refractivity contribution in [3.63, 3.8) is 0 Å². The molecular weight excluding hydrogens is 192 g/mol. The van der Waals surface area contributed by atoms with Crippen LogP contribution in [-0.4, -0.2) is 4.98 Å². The van der Waals surface area contributed by atoms with Crippen LogP contribution in [0.25, 0.3) is 0 Å². The molecule has 0 aliphatic heterocycles. The number of pyridine rings is 1. The van der Waals surface area contributed by atoms with Gasteiger partial charge in [-0.15, -0.1) is 0 Å². The molecule has 0 spiro atoms. The fourth-order valence-corrected chi connectivity index (χ4v) is 1.53. The number of aromatic nitrogens is 1. The fourth-order valence-electron chi connectivity index (χ4n) is 1.53. The number of nitrogens with two attached hydrogens (primary N) is 1. The Labute approximate surface area is 88.4 Å². The highest BCUT2D eigenvalue weighted by molar-refractivity contribution is 5.29. The SMILES string of the molecule is Cc1cc(C(C)C)c(CN=NN)c(=O)[nH]1. The van der Waals surface area contributed by atoms with Crippen LogP contribution in [0.2, 0.25) is 0 Å². The maximum atomic E-state index is 11.7. The van der Waals surface area contributed by atoms with Gasteiger partial charge in [0.15, 0.2) is 0 Å². The van der Waals surface area contributed by atoms with E-state index in [-0.39, 0.29) is 18.0 Å². The van der Waals surface area contributed by atoms with E-state index in [1.807, 2.05) is 26.8 Å². The van der Waals surface area contributed by atoms with E-state index in [4.69, 9.17) is 5.84 Å². The molecule has 0 saturated carbocycles. The van der Waals surface area contributed by atoms with E-state index < -0.39 is 0 Å². The number of hydrogen-bond donors (Lipinski definition) is 2. The number of aromatic amines is 1. The molecule has 5 heteroatoms. The van der Waals surface area contributed by atoms with Gasteiger partial charge in [0, 0.05) is 11.3 Å². The number of rotatable bonds is 3. The van der Waals surface area contributed by atoms with Gasteiger partial charge < -0.3 is 10.8 Å². The van der Waals surface area contributed by atoms with Gasteiger partial charge in [-0.2, -0.15) is 5.11 Å². The predicted octanol–water partition coefficient (Wildman–Crippen LogP) is 1.63. The number of nitrogens with zero attached hydrogens (tertiary/aromatic N) is 2. The molecule has 5 nitrogen and oxygen atoms in total. The number of H-pyrrole nitrogens is 1. The van der Waals surface area contributed by atoms with Gasteiger partial charge in [0.25, 0.3) is 5.56 Å². The smallest absolute Gasteiger partial charge is 0.253 e. The minimum atomic E-state index is -0.105. The molecule has 1 aromatic heterocycles. The third kappa shape index (κ3) is 2.65. The zero-order valence-electron chi connectivity index (χ0n) is 9.24. The topological polar surface area (TPSA) is 83.6 Å². The van der Waals surface area contributed by atoms with E-state index in [2.05, 4.69) is 15.3 Å². The standard InChI is InChI=1S/C10H16N4O/c1-6(2)8-4-7(3)13-10(15)9(8)5-12-14-11/h4,6H,5H2,1-3H3,(H2,11,12)(H,13,15). The summed E-state index contributed by atoms with van der Waals surface area (Å²) >= 11 is 0. The largest absolute Gasteiger partial charge is 0.326 e. The first-order valence-electron chi connectivity index (χ1n) is 4.85. The van der Waals surface area contributed by atoms with Crippen molar-refractivity contribution in [3.8, 4) is 0 Å². The van der Waals surface area contributed by atoms with Crippen molar-refractivity contribution in [2.45, 2.75) is 33.2 Å². The molecule has 0 unspecified atom stereocenters. The molecule has 0 bridgehead atoms. The summed E-state index contributed by atoms with van der Waals surface area (Å²) in [5, 5.41) is 6.83. The zero-order valence-corrected chi connectivity index (χ0v) is 9.24. The van der Waals surface area contributed by atoms with Crippen molar-refractivity contribution in [3.05, 3.63) is 33.2 Å². The van der Waals surface area contributed by atoms with Gasteiger partial charge in [-0.3, -0.25) is 4.79 Å². The van der Waals surface area contributed by atoms with Crippen molar-refractivity contribution in [1.29, 1.82) is 0 Å². The molecule has 0 aliphatic rings. The second-order valence-corrected chi connectivity index (χ2v) is 3.79. The summed E-state index contributed by atoms with van der Waals surface area (Å²) in [7, 11) is 0. The summed E-state index contributed by atoms with van der Waals surface area (Å²) < 4.78 is 0. The molecule has 0 fully saturated rings. The highest BCUT2D eigenvalue weighted by atomic mass is 16.1. The second-order valence-electron chi connectivity index (χ2n) is 3.79. The Kier molecular flexibility index (Phi) is 3.60. The minimum Gasteiger partial charge on any atom is -0.326 e. The van der Waals surface area contributed by atoms with Crippen LogP contribution in [0.5, 0.6) is 0 Å². The van der Waals surface area contributed by atoms with Crippen molar-refractivity contribution in [1.82, 2.24) is 4.98 Å². The molecule has 15 heavy (non-hydrogen) atoms. The van der Waals surface area contributed by atoms with Crippen molar-refractivity contribution in [2.75, 3.05) is 0 Å². The predicted molar refractivity (Wildman–Crippen MR) is 58.6 cm³/mol. The third-order valence-electron chi connectivity index (χ3n) is 2.24. The summed E-state index contributed by atoms with van der Waals surface area (Å²) in [6.07, 6.45) is 0. The Hall–Kier alpha value is -1.65. The number of hydrogen-bond acceptors (Lipinski definition) is 3. The van der Waals surface area contributed by atoms with Gasteiger partial charge in [0.2, 0.25) is 0 Å². The summed E-state index contributed by atoms with van der Waals surface area (Å²) in [6, 6.07) is 1.97. The monoisotopic (exact) mass is 208 g/mol. The first-order chi connectivity index (χ1) is 7.06. The molecule has 0 aliphatic carbocycles. The fraction of sp³-hybridized carbons (Fsp3) is 0.500. The van der Waals surface area contributed by atoms with Gasteiger partial charge in [-0.1, -0.05) is 19.1 Å². The van der Waals surface area contributed by atoms with Crippen LogP contribution < -0.4 is 11.4 Å². The normalized spacial score (nSPS) is 11.5. The Morgan fingerprint density at radius 2 is 2.20 bits per heavy atom. The van der Waals surface area contributed by atoms with Crippen LogP contribution in [-0.2, 0) is 6.54 Å². The van der Waals surface area contributed by atoms with Crippen LogP contribution >= 0.6 is 0 Å². The molecule has 1 rings (SSSR count). The Balaban J connectivity index is 3.27. The van der Waals surface area contributed by atoms with E-state index in [1.165, 1.54) is 0 Å². The van der Waals surface area contributed by atoms with E-state index in [0.717, 1.165) is 11.3 Å². The average molecular weight is 208 g/mol. The van der Waals surface area contributed by atoms with E-state index in [0.29, 0.717) is 5.56 Å². The van der Waals surface area contributed by atoms with E-state index in [9.17, 15) is 4.79 Å². The summed E-state index contributed by atoms with van der Waals surface area (Å²) in [6.45, 7) is 6.18. The summed E-state index contributed by atoms with van der Waals surface area (Å²) in [5.74, 6) is 5.21. The summed E-state index contributed by atoms with van der Waals surface area (Å²) in [5.41, 5.74) is 2.40. The molecule has 3 N–H and O–H groups in total. The quantitative estimate of drug-likeness (QED) is 0.449. The second kappa shape index (κ2) is 4.72. The first-order valence-corrected chi connectivity index (χ1v) is 4.85. The highest BCUT2D eigenvalue weighted by Crippen LogP contribution is 2.17. The third-order valence-corrected chi connectivity index (χ3v) is 2.24. The van der Waals surface area contributed by atoms with E-state index in [1.54, 1.807) is 0 Å². The minimum absolute atomic E-state index is 0.105. The van der Waals surface area contributed by atoms with Crippen molar-refractivity contribution in [2.24, 2.45) is 16.2 Å². The Morgan fingerprint density at radius 1 is 1.53 bits per heavy atom. The first kappa shape index (κ1) is 11.4. The van der Waals surface area contributed by atoms with E-state index >= 15 is 0 Å². The van der Waals surface area contributed by atoms with Crippen molar-refractivity contribution >= 4 is 0 Å². The van der Waals surface area contributed by atoms with Crippen LogP contribution in [0.15, 0.2) is 21.2 Å². The highest BCUT2D eigenvalue weighted by Gasteiger charge is 2.10. The van der Waals surface area contributed by atoms with Crippen LogP contribution in [0.3, 0.4) is 0 Å². The molecule has 0 aromatic carbocycles. The molecule has 0 radical (unpaired) electrons. The Morgan fingerprint density at radius 3 is 2.73 bits per heavy atom. The molecule has 1 aromatic rings. The molecule has 0 amide bonds. The van der Waals surface area contributed by atoms with Gasteiger partial charge >= 0.3 is 0 Å². The average Bonchev–Trinajstić information content (AvgIpc) is 2.15. The lowest BCUT2D eigenvalue weighted by molar-refractivity contribution is 0.799. The molecular formula is C10H16N4O. The molecule has 0 saturated heterocycles. The molecule has 1 heterocycles. The van der Waals surface area contributed by atoms with Crippen LogP contribution in [0, 0.1) is 6.92 Å². The van der Waals surface area contributed by atoms with Gasteiger partial charge in [0.1, 0.15) is 0 Å². The molecule has 82 valence electrons. The lowest BCUT2D eigenvalue weighted by Crippen LogP contribution is -2.17. The van der Waals surface area contributed by atoms with Crippen LogP contribution in [0.4, 0.5) is 0 Å². The number of nitrogens with one attached hydrogen (secondary N) is 1. The van der Waals surface area contributed by atoms with Gasteiger partial charge in [0.05, 0.1) is 6.54 Å². The molecule has 0 atom stereocenters. The maximum Gasteiger partial charge on any atom is 0.253 e. The van der Waals surface area contributed by atoms with Crippen molar-refractivity contribution < 1.29 is 0 Å². The lowest BCUT2D eigenvalue weighted by Gasteiger charge is -2.10.